The van der Waals surface area contributed by atoms with Crippen molar-refractivity contribution in [3.8, 4) is 0 Å². The molecule has 2 amide bonds. The van der Waals surface area contributed by atoms with Gasteiger partial charge in [0.15, 0.2) is 17.5 Å². The Kier molecular flexibility index (Phi) is 7.50. The SMILES string of the molecule is Nc1c(F)cnc(NC(=O)c2cc(NC(=O)[C@H]3C(c4cc(Cl)c(Cl)c(Cl)c4)C3(Cl)Cl)ccc2Cl)c1F. The second-order valence-corrected chi connectivity index (χ2v) is 10.8. The number of rotatable bonds is 5. The Bertz CT molecular complexity index is 1400. The van der Waals surface area contributed by atoms with Crippen LogP contribution in [0.5, 0.6) is 0 Å². The van der Waals surface area contributed by atoms with Crippen LogP contribution in [-0.4, -0.2) is 21.1 Å². The van der Waals surface area contributed by atoms with E-state index in [0.717, 1.165) is 0 Å². The van der Waals surface area contributed by atoms with E-state index in [1.807, 2.05) is 0 Å². The van der Waals surface area contributed by atoms with Gasteiger partial charge in [0.05, 0.1) is 37.8 Å². The van der Waals surface area contributed by atoms with Crippen molar-refractivity contribution in [2.45, 2.75) is 10.3 Å². The molecule has 188 valence electrons. The summed E-state index contributed by atoms with van der Waals surface area (Å²) in [5, 5.41) is 5.27. The van der Waals surface area contributed by atoms with Crippen molar-refractivity contribution < 1.29 is 18.4 Å². The molecule has 1 aliphatic rings. The van der Waals surface area contributed by atoms with E-state index in [9.17, 15) is 18.4 Å². The summed E-state index contributed by atoms with van der Waals surface area (Å²) in [4.78, 5) is 29.1. The van der Waals surface area contributed by atoms with Gasteiger partial charge in [0.1, 0.15) is 10.0 Å². The number of pyridine rings is 1. The first kappa shape index (κ1) is 27.0. The van der Waals surface area contributed by atoms with Gasteiger partial charge in [-0.2, -0.15) is 0 Å². The van der Waals surface area contributed by atoms with E-state index < -0.39 is 51.1 Å². The van der Waals surface area contributed by atoms with Gasteiger partial charge < -0.3 is 16.4 Å². The fourth-order valence-electron chi connectivity index (χ4n) is 3.56. The zero-order valence-electron chi connectivity index (χ0n) is 17.5. The van der Waals surface area contributed by atoms with Crippen LogP contribution in [0.2, 0.25) is 20.1 Å². The van der Waals surface area contributed by atoms with E-state index in [2.05, 4.69) is 15.6 Å². The second kappa shape index (κ2) is 10.0. The number of amides is 2. The second-order valence-electron chi connectivity index (χ2n) is 7.75. The van der Waals surface area contributed by atoms with Crippen LogP contribution in [0.25, 0.3) is 0 Å². The van der Waals surface area contributed by atoms with Crippen molar-refractivity contribution >= 4 is 98.6 Å². The zero-order valence-corrected chi connectivity index (χ0v) is 22.0. The number of alkyl halides is 2. The topological polar surface area (TPSA) is 97.1 Å². The van der Waals surface area contributed by atoms with Gasteiger partial charge in [0.2, 0.25) is 5.91 Å². The van der Waals surface area contributed by atoms with Crippen LogP contribution in [0.3, 0.4) is 0 Å². The van der Waals surface area contributed by atoms with Gasteiger partial charge in [0, 0.05) is 11.6 Å². The summed E-state index contributed by atoms with van der Waals surface area (Å²) >= 11 is 37.0. The molecule has 0 radical (unpaired) electrons. The van der Waals surface area contributed by atoms with Crippen molar-refractivity contribution in [1.82, 2.24) is 4.98 Å². The molecule has 1 fully saturated rings. The third kappa shape index (κ3) is 5.03. The van der Waals surface area contributed by atoms with Crippen molar-refractivity contribution in [3.05, 3.63) is 79.4 Å². The number of carbonyl (C=O) groups excluding carboxylic acids is 2. The summed E-state index contributed by atoms with van der Waals surface area (Å²) in [6.45, 7) is 0. The maximum Gasteiger partial charge on any atom is 0.258 e. The predicted molar refractivity (Wildman–Crippen MR) is 139 cm³/mol. The normalized spacial score (nSPS) is 18.0. The molecule has 0 saturated heterocycles. The standard InChI is InChI=1S/C22H12Cl6F2N4O2/c23-10-2-1-8(5-9(10)20(35)34-19-17(30)18(31)13(29)6-32-19)33-21(36)15-14(22(15,27)28)7-3-11(24)16(26)12(25)4-7/h1-6,14-15H,(H,33,36)(H3,31,32,34,35)/t14?,15-/m1/s1. The number of hydrogen-bond acceptors (Lipinski definition) is 4. The van der Waals surface area contributed by atoms with Crippen molar-refractivity contribution in [2.75, 3.05) is 16.4 Å². The number of hydrogen-bond donors (Lipinski definition) is 3. The van der Waals surface area contributed by atoms with Crippen LogP contribution in [0.1, 0.15) is 21.8 Å². The molecule has 4 rings (SSSR count). The first-order chi connectivity index (χ1) is 16.8. The fraction of sp³-hybridized carbons (Fsp3) is 0.136. The quantitative estimate of drug-likeness (QED) is 0.207. The summed E-state index contributed by atoms with van der Waals surface area (Å²) in [5.74, 6) is -5.88. The van der Waals surface area contributed by atoms with Gasteiger partial charge in [-0.25, -0.2) is 13.8 Å². The van der Waals surface area contributed by atoms with E-state index in [0.29, 0.717) is 11.8 Å². The van der Waals surface area contributed by atoms with E-state index in [1.54, 1.807) is 0 Å². The summed E-state index contributed by atoms with van der Waals surface area (Å²) in [7, 11) is 0. The maximum absolute atomic E-state index is 14.1. The highest BCUT2D eigenvalue weighted by molar-refractivity contribution is 6.54. The van der Waals surface area contributed by atoms with Crippen molar-refractivity contribution in [2.24, 2.45) is 5.92 Å². The molecule has 1 unspecified atom stereocenters. The van der Waals surface area contributed by atoms with Crippen molar-refractivity contribution in [3.63, 3.8) is 0 Å². The molecule has 1 saturated carbocycles. The fourth-order valence-corrected chi connectivity index (χ4v) is 5.21. The van der Waals surface area contributed by atoms with Crippen LogP contribution < -0.4 is 16.4 Å². The van der Waals surface area contributed by atoms with Gasteiger partial charge >= 0.3 is 0 Å². The summed E-state index contributed by atoms with van der Waals surface area (Å²) < 4.78 is 26.0. The molecular weight excluding hydrogens is 603 g/mol. The lowest BCUT2D eigenvalue weighted by Crippen LogP contribution is -2.19. The first-order valence-electron chi connectivity index (χ1n) is 9.86. The van der Waals surface area contributed by atoms with Crippen LogP contribution in [0.15, 0.2) is 36.5 Å². The van der Waals surface area contributed by atoms with E-state index in [4.69, 9.17) is 75.3 Å². The summed E-state index contributed by atoms with van der Waals surface area (Å²) in [6, 6.07) is 7.06. The minimum absolute atomic E-state index is 0.0141. The number of halogens is 8. The molecule has 0 spiro atoms. The van der Waals surface area contributed by atoms with Crippen LogP contribution in [0.4, 0.5) is 26.0 Å². The molecule has 1 aromatic heterocycles. The molecular formula is C22H12Cl6F2N4O2. The van der Waals surface area contributed by atoms with Gasteiger partial charge in [-0.1, -0.05) is 46.4 Å². The van der Waals surface area contributed by atoms with E-state index in [1.165, 1.54) is 30.3 Å². The number of nitrogen functional groups attached to an aromatic ring is 1. The van der Waals surface area contributed by atoms with Crippen LogP contribution in [0, 0.1) is 17.6 Å². The lowest BCUT2D eigenvalue weighted by atomic mass is 10.1. The largest absolute Gasteiger partial charge is 0.394 e. The number of anilines is 3. The molecule has 2 atom stereocenters. The summed E-state index contributed by atoms with van der Waals surface area (Å²) in [5.41, 5.74) is 5.03. The van der Waals surface area contributed by atoms with E-state index in [-0.39, 0.29) is 31.3 Å². The first-order valence-corrected chi connectivity index (χ1v) is 12.1. The van der Waals surface area contributed by atoms with Gasteiger partial charge in [-0.15, -0.1) is 23.2 Å². The molecule has 14 heteroatoms. The lowest BCUT2D eigenvalue weighted by molar-refractivity contribution is -0.117. The van der Waals surface area contributed by atoms with Gasteiger partial charge in [-0.3, -0.25) is 9.59 Å². The average Bonchev–Trinajstić information content (AvgIpc) is 3.40. The number of nitrogens with one attached hydrogen (secondary N) is 2. The number of nitrogens with zero attached hydrogens (tertiary/aromatic N) is 1. The minimum Gasteiger partial charge on any atom is -0.394 e. The molecule has 4 N–H and O–H groups in total. The highest BCUT2D eigenvalue weighted by Gasteiger charge is 2.67. The molecule has 2 aromatic carbocycles. The Morgan fingerprint density at radius 2 is 1.61 bits per heavy atom. The van der Waals surface area contributed by atoms with Crippen LogP contribution >= 0.6 is 69.6 Å². The van der Waals surface area contributed by atoms with Gasteiger partial charge in [-0.05, 0) is 35.9 Å². The van der Waals surface area contributed by atoms with Crippen molar-refractivity contribution in [1.29, 1.82) is 0 Å². The molecule has 3 aromatic rings. The lowest BCUT2D eigenvalue weighted by Gasteiger charge is -2.11. The number of benzene rings is 2. The Hall–Kier alpha value is -2.07. The average molecular weight is 615 g/mol. The smallest absolute Gasteiger partial charge is 0.258 e. The molecule has 0 aliphatic heterocycles. The van der Waals surface area contributed by atoms with Gasteiger partial charge in [0.25, 0.3) is 5.91 Å². The molecule has 1 heterocycles. The molecule has 0 bridgehead atoms. The monoisotopic (exact) mass is 612 g/mol. The Morgan fingerprint density at radius 3 is 2.25 bits per heavy atom. The third-order valence-electron chi connectivity index (χ3n) is 5.42. The minimum atomic E-state index is -1.46. The summed E-state index contributed by atoms with van der Waals surface area (Å²) in [6.07, 6.45) is 0.657. The highest BCUT2D eigenvalue weighted by atomic mass is 35.5. The number of aromatic nitrogens is 1. The third-order valence-corrected chi connectivity index (χ3v) is 7.89. The molecule has 36 heavy (non-hydrogen) atoms. The Labute approximate surface area is 232 Å². The predicted octanol–water partition coefficient (Wildman–Crippen LogP) is 7.33. The number of carbonyl (C=O) groups is 2. The Balaban J connectivity index is 1.53. The zero-order chi connectivity index (χ0) is 26.5. The molecule has 6 nitrogen and oxygen atoms in total. The van der Waals surface area contributed by atoms with Crippen LogP contribution in [-0.2, 0) is 4.79 Å². The number of nitrogens with two attached hydrogens (primary N) is 1. The van der Waals surface area contributed by atoms with E-state index >= 15 is 0 Å². The molecule has 1 aliphatic carbocycles. The maximum atomic E-state index is 14.1. The Morgan fingerprint density at radius 1 is 0.972 bits per heavy atom. The highest BCUT2D eigenvalue weighted by Crippen LogP contribution is 2.65.